The zero-order chi connectivity index (χ0) is 14.7. The molecule has 0 spiro atoms. The summed E-state index contributed by atoms with van der Waals surface area (Å²) in [6.07, 6.45) is 0. The quantitative estimate of drug-likeness (QED) is 0.883. The van der Waals surface area contributed by atoms with Crippen molar-refractivity contribution < 1.29 is 17.7 Å². The van der Waals surface area contributed by atoms with Gasteiger partial charge in [0.05, 0.1) is 28.6 Å². The Kier molecular flexibility index (Phi) is 4.34. The summed E-state index contributed by atoms with van der Waals surface area (Å²) in [6.45, 7) is 0. The fraction of sp³-hybridized carbons (Fsp3) is 0.143. The maximum atomic E-state index is 13.5. The van der Waals surface area contributed by atoms with Gasteiger partial charge in [-0.2, -0.15) is 0 Å². The zero-order valence-electron chi connectivity index (χ0n) is 10.7. The molecule has 0 fully saturated rings. The Labute approximate surface area is 117 Å². The first-order valence-electron chi connectivity index (χ1n) is 5.77. The fourth-order valence-electron chi connectivity index (χ4n) is 1.71. The molecule has 2 rings (SSSR count). The van der Waals surface area contributed by atoms with Crippen molar-refractivity contribution in [1.29, 1.82) is 0 Å². The van der Waals surface area contributed by atoms with E-state index in [-0.39, 0.29) is 11.3 Å². The summed E-state index contributed by atoms with van der Waals surface area (Å²) in [4.78, 5) is 0.341. The Hall–Kier alpha value is -1.95. The Morgan fingerprint density at radius 2 is 1.95 bits per heavy atom. The van der Waals surface area contributed by atoms with Crippen LogP contribution in [0.15, 0.2) is 41.3 Å². The van der Waals surface area contributed by atoms with E-state index >= 15 is 0 Å². The molecule has 0 bridgehead atoms. The number of nitrogen functional groups attached to an aromatic ring is 1. The minimum absolute atomic E-state index is 0.0468. The molecule has 0 aromatic heterocycles. The number of nitrogens with two attached hydrogens (primary N) is 1. The number of hydrogen-bond acceptors (Lipinski definition) is 3. The van der Waals surface area contributed by atoms with Gasteiger partial charge < -0.3 is 10.5 Å². The average molecular weight is 297 g/mol. The van der Waals surface area contributed by atoms with E-state index in [1.165, 1.54) is 13.2 Å². The molecule has 2 aromatic carbocycles. The number of benzene rings is 2. The topological polar surface area (TPSA) is 52.3 Å². The molecule has 2 aromatic rings. The van der Waals surface area contributed by atoms with E-state index in [4.69, 9.17) is 10.5 Å². The van der Waals surface area contributed by atoms with Crippen LogP contribution in [0.1, 0.15) is 5.56 Å². The van der Waals surface area contributed by atoms with E-state index in [2.05, 4.69) is 0 Å². The second kappa shape index (κ2) is 6.00. The normalized spacial score (nSPS) is 12.2. The highest BCUT2D eigenvalue weighted by molar-refractivity contribution is 7.84. The van der Waals surface area contributed by atoms with Crippen LogP contribution in [0, 0.1) is 11.6 Å². The molecule has 0 radical (unpaired) electrons. The molecule has 6 heteroatoms. The van der Waals surface area contributed by atoms with Crippen LogP contribution < -0.4 is 10.5 Å². The number of halogens is 2. The first-order valence-corrected chi connectivity index (χ1v) is 7.09. The first kappa shape index (κ1) is 14.5. The van der Waals surface area contributed by atoms with Crippen LogP contribution in [0.2, 0.25) is 0 Å². The van der Waals surface area contributed by atoms with Crippen molar-refractivity contribution >= 4 is 16.5 Å². The second-order valence-corrected chi connectivity index (χ2v) is 5.55. The third-order valence-corrected chi connectivity index (χ3v) is 4.18. The highest BCUT2D eigenvalue weighted by atomic mass is 32.2. The average Bonchev–Trinajstić information content (AvgIpc) is 2.43. The zero-order valence-corrected chi connectivity index (χ0v) is 11.5. The lowest BCUT2D eigenvalue weighted by atomic mass is 10.2. The third kappa shape index (κ3) is 3.14. The smallest absolute Gasteiger partial charge is 0.127 e. The van der Waals surface area contributed by atoms with Crippen LogP contribution >= 0.6 is 0 Å². The lowest BCUT2D eigenvalue weighted by Crippen LogP contribution is -2.03. The fourth-order valence-corrected chi connectivity index (χ4v) is 2.95. The highest BCUT2D eigenvalue weighted by Crippen LogP contribution is 2.25. The van der Waals surface area contributed by atoms with Gasteiger partial charge in [-0.05, 0) is 36.4 Å². The molecule has 0 aliphatic heterocycles. The van der Waals surface area contributed by atoms with Crippen LogP contribution in [0.25, 0.3) is 0 Å². The van der Waals surface area contributed by atoms with Crippen molar-refractivity contribution in [3.8, 4) is 5.75 Å². The Morgan fingerprint density at radius 1 is 1.20 bits per heavy atom. The predicted molar refractivity (Wildman–Crippen MR) is 73.9 cm³/mol. The summed E-state index contributed by atoms with van der Waals surface area (Å²) in [7, 11) is -0.111. The van der Waals surface area contributed by atoms with Crippen LogP contribution in [-0.2, 0) is 16.6 Å². The van der Waals surface area contributed by atoms with E-state index in [1.807, 2.05) is 0 Å². The molecular formula is C14H13F2NO2S. The summed E-state index contributed by atoms with van der Waals surface area (Å²) in [5.41, 5.74) is 6.12. The molecule has 3 nitrogen and oxygen atoms in total. The molecule has 0 aliphatic rings. The van der Waals surface area contributed by atoms with Crippen molar-refractivity contribution in [1.82, 2.24) is 0 Å². The van der Waals surface area contributed by atoms with Gasteiger partial charge in [0.15, 0.2) is 0 Å². The molecule has 0 amide bonds. The minimum atomic E-state index is -1.59. The number of methoxy groups -OCH3 is 1. The van der Waals surface area contributed by atoms with E-state index in [1.54, 1.807) is 12.1 Å². The third-order valence-electron chi connectivity index (χ3n) is 2.76. The van der Waals surface area contributed by atoms with Crippen LogP contribution in [0.5, 0.6) is 5.75 Å². The van der Waals surface area contributed by atoms with E-state index in [0.29, 0.717) is 16.3 Å². The van der Waals surface area contributed by atoms with Crippen molar-refractivity contribution in [2.75, 3.05) is 12.8 Å². The molecule has 1 atom stereocenters. The molecule has 1 unspecified atom stereocenters. The lowest BCUT2D eigenvalue weighted by molar-refractivity contribution is 0.413. The SMILES string of the molecule is COc1ccc(N)c(S(=O)Cc2cc(F)ccc2F)c1. The van der Waals surface area contributed by atoms with Crippen molar-refractivity contribution in [2.45, 2.75) is 10.6 Å². The van der Waals surface area contributed by atoms with Gasteiger partial charge in [-0.3, -0.25) is 4.21 Å². The molecule has 0 saturated heterocycles. The van der Waals surface area contributed by atoms with E-state index in [9.17, 15) is 13.0 Å². The standard InChI is InChI=1S/C14H13F2NO2S/c1-19-11-3-5-13(17)14(7-11)20(18)8-9-6-10(15)2-4-12(9)16/h2-7H,8,17H2,1H3. The predicted octanol–water partition coefficient (Wildman–Crippen LogP) is 2.86. The lowest BCUT2D eigenvalue weighted by Gasteiger charge is -2.09. The Bertz CT molecular complexity index is 662. The summed E-state index contributed by atoms with van der Waals surface area (Å²) >= 11 is 0. The van der Waals surface area contributed by atoms with Gasteiger partial charge in [0, 0.05) is 11.3 Å². The van der Waals surface area contributed by atoms with Crippen molar-refractivity contribution in [2.24, 2.45) is 0 Å². The van der Waals surface area contributed by atoms with Crippen molar-refractivity contribution in [3.63, 3.8) is 0 Å². The van der Waals surface area contributed by atoms with Gasteiger partial charge in [-0.15, -0.1) is 0 Å². The molecule has 2 N–H and O–H groups in total. The molecule has 0 heterocycles. The summed E-state index contributed by atoms with van der Waals surface area (Å²) < 4.78 is 43.9. The highest BCUT2D eigenvalue weighted by Gasteiger charge is 2.13. The molecule has 0 aliphatic carbocycles. The molecule has 106 valence electrons. The molecule has 20 heavy (non-hydrogen) atoms. The van der Waals surface area contributed by atoms with Gasteiger partial charge in [0.25, 0.3) is 0 Å². The van der Waals surface area contributed by atoms with Crippen LogP contribution in [0.3, 0.4) is 0 Å². The van der Waals surface area contributed by atoms with Crippen LogP contribution in [-0.4, -0.2) is 11.3 Å². The molecule has 0 saturated carbocycles. The van der Waals surface area contributed by atoms with Crippen LogP contribution in [0.4, 0.5) is 14.5 Å². The Morgan fingerprint density at radius 3 is 2.65 bits per heavy atom. The van der Waals surface area contributed by atoms with Gasteiger partial charge >= 0.3 is 0 Å². The maximum absolute atomic E-state index is 13.5. The second-order valence-electron chi connectivity index (χ2n) is 4.13. The number of rotatable bonds is 4. The van der Waals surface area contributed by atoms with Gasteiger partial charge in [-0.25, -0.2) is 8.78 Å². The summed E-state index contributed by atoms with van der Waals surface area (Å²) in [5, 5.41) is 0. The van der Waals surface area contributed by atoms with E-state index in [0.717, 1.165) is 18.2 Å². The first-order chi connectivity index (χ1) is 9.51. The van der Waals surface area contributed by atoms with Gasteiger partial charge in [0.2, 0.25) is 0 Å². The largest absolute Gasteiger partial charge is 0.497 e. The number of anilines is 1. The number of hydrogen-bond donors (Lipinski definition) is 1. The molecular weight excluding hydrogens is 284 g/mol. The van der Waals surface area contributed by atoms with Gasteiger partial charge in [-0.1, -0.05) is 0 Å². The maximum Gasteiger partial charge on any atom is 0.127 e. The number of ether oxygens (including phenoxy) is 1. The summed E-state index contributed by atoms with van der Waals surface area (Å²) in [6, 6.07) is 7.79. The monoisotopic (exact) mass is 297 g/mol. The van der Waals surface area contributed by atoms with E-state index < -0.39 is 22.4 Å². The van der Waals surface area contributed by atoms with Gasteiger partial charge in [0.1, 0.15) is 17.4 Å². The van der Waals surface area contributed by atoms with Crippen molar-refractivity contribution in [3.05, 3.63) is 53.6 Å². The Balaban J connectivity index is 2.30. The summed E-state index contributed by atoms with van der Waals surface area (Å²) in [5.74, 6) is -0.818. The minimum Gasteiger partial charge on any atom is -0.497 e.